The number of hydrogen-bond acceptors (Lipinski definition) is 4. The Hall–Kier alpha value is -2.15. The van der Waals surface area contributed by atoms with E-state index in [4.69, 9.17) is 4.74 Å². The molecule has 20 heavy (non-hydrogen) atoms. The third-order valence-corrected chi connectivity index (χ3v) is 2.80. The highest BCUT2D eigenvalue weighted by Gasteiger charge is 2.13. The van der Waals surface area contributed by atoms with Crippen LogP contribution in [-0.4, -0.2) is 42.2 Å². The maximum absolute atomic E-state index is 13.1. The van der Waals surface area contributed by atoms with Crippen molar-refractivity contribution in [2.75, 3.05) is 25.6 Å². The van der Waals surface area contributed by atoms with Crippen LogP contribution in [0.1, 0.15) is 6.92 Å². The summed E-state index contributed by atoms with van der Waals surface area (Å²) in [5.74, 6) is -0.0632. The second kappa shape index (κ2) is 6.33. The van der Waals surface area contributed by atoms with Crippen molar-refractivity contribution < 1.29 is 13.9 Å². The Morgan fingerprint density at radius 2 is 2.35 bits per heavy atom. The number of methoxy groups -OCH3 is 1. The molecule has 6 nitrogen and oxygen atoms in total. The molecule has 0 spiro atoms. The van der Waals surface area contributed by atoms with Gasteiger partial charge in [-0.1, -0.05) is 0 Å². The van der Waals surface area contributed by atoms with Crippen molar-refractivity contribution in [2.45, 2.75) is 13.0 Å². The largest absolute Gasteiger partial charge is 0.383 e. The van der Waals surface area contributed by atoms with Crippen molar-refractivity contribution in [2.24, 2.45) is 0 Å². The van der Waals surface area contributed by atoms with Crippen LogP contribution in [0.25, 0.3) is 11.0 Å². The number of nitrogens with zero attached hydrogens (tertiary/aromatic N) is 1. The average molecular weight is 280 g/mol. The van der Waals surface area contributed by atoms with E-state index in [0.29, 0.717) is 30.1 Å². The number of fused-ring (bicyclic) bond motifs is 1. The molecule has 3 N–H and O–H groups in total. The fourth-order valence-corrected chi connectivity index (χ4v) is 1.75. The number of benzene rings is 1. The highest BCUT2D eigenvalue weighted by Crippen LogP contribution is 2.15. The number of nitrogens with one attached hydrogen (secondary N) is 3. The van der Waals surface area contributed by atoms with Gasteiger partial charge >= 0.3 is 0 Å². The van der Waals surface area contributed by atoms with E-state index in [-0.39, 0.29) is 11.7 Å². The van der Waals surface area contributed by atoms with Crippen molar-refractivity contribution in [1.29, 1.82) is 0 Å². The fraction of sp³-hybridized carbons (Fsp3) is 0.385. The number of aromatic amines is 1. The summed E-state index contributed by atoms with van der Waals surface area (Å²) >= 11 is 0. The molecule has 108 valence electrons. The molecule has 2 aromatic rings. The minimum atomic E-state index is -0.461. The maximum atomic E-state index is 13.1. The first-order valence-corrected chi connectivity index (χ1v) is 6.28. The van der Waals surface area contributed by atoms with Gasteiger partial charge in [-0.05, 0) is 25.1 Å². The first-order valence-electron chi connectivity index (χ1n) is 6.28. The third-order valence-electron chi connectivity index (χ3n) is 2.80. The molecule has 1 atom stereocenters. The van der Waals surface area contributed by atoms with Crippen LogP contribution in [0.3, 0.4) is 0 Å². The highest BCUT2D eigenvalue weighted by molar-refractivity contribution is 5.84. The van der Waals surface area contributed by atoms with E-state index in [2.05, 4.69) is 20.6 Å². The van der Waals surface area contributed by atoms with Gasteiger partial charge in [-0.3, -0.25) is 4.79 Å². The summed E-state index contributed by atoms with van der Waals surface area (Å²) < 4.78 is 17.9. The Bertz CT molecular complexity index is 599. The number of aromatic nitrogens is 2. The molecule has 1 unspecified atom stereocenters. The number of rotatable bonds is 6. The van der Waals surface area contributed by atoms with Gasteiger partial charge in [-0.15, -0.1) is 0 Å². The van der Waals surface area contributed by atoms with Crippen molar-refractivity contribution in [3.8, 4) is 0 Å². The zero-order chi connectivity index (χ0) is 14.5. The van der Waals surface area contributed by atoms with E-state index in [0.717, 1.165) is 0 Å². The Kier molecular flexibility index (Phi) is 4.52. The normalized spacial score (nSPS) is 12.3. The molecule has 0 aliphatic heterocycles. The summed E-state index contributed by atoms with van der Waals surface area (Å²) in [6.07, 6.45) is 0. The first kappa shape index (κ1) is 14.3. The Labute approximate surface area is 115 Å². The number of H-pyrrole nitrogens is 1. The lowest BCUT2D eigenvalue weighted by Gasteiger charge is -2.12. The molecule has 0 aliphatic carbocycles. The van der Waals surface area contributed by atoms with Gasteiger partial charge in [0.2, 0.25) is 11.9 Å². The van der Waals surface area contributed by atoms with Crippen LogP contribution < -0.4 is 10.6 Å². The second-order valence-corrected chi connectivity index (χ2v) is 4.40. The smallest absolute Gasteiger partial charge is 0.242 e. The topological polar surface area (TPSA) is 79.0 Å². The number of hydrogen-bond donors (Lipinski definition) is 3. The van der Waals surface area contributed by atoms with Crippen molar-refractivity contribution in [3.05, 3.63) is 24.0 Å². The van der Waals surface area contributed by atoms with Gasteiger partial charge in [0.05, 0.1) is 17.6 Å². The summed E-state index contributed by atoms with van der Waals surface area (Å²) in [7, 11) is 1.57. The lowest BCUT2D eigenvalue weighted by Crippen LogP contribution is -2.39. The minimum Gasteiger partial charge on any atom is -0.383 e. The summed E-state index contributed by atoms with van der Waals surface area (Å²) in [6.45, 7) is 2.63. The summed E-state index contributed by atoms with van der Waals surface area (Å²) in [6, 6.07) is 3.82. The fourth-order valence-electron chi connectivity index (χ4n) is 1.75. The Balaban J connectivity index is 1.98. The van der Waals surface area contributed by atoms with Crippen molar-refractivity contribution in [1.82, 2.24) is 15.3 Å². The van der Waals surface area contributed by atoms with E-state index in [1.807, 2.05) is 0 Å². The van der Waals surface area contributed by atoms with Gasteiger partial charge in [-0.25, -0.2) is 9.37 Å². The number of carbonyl (C=O) groups excluding carboxylic acids is 1. The molecule has 1 heterocycles. The van der Waals surface area contributed by atoms with Gasteiger partial charge in [0.1, 0.15) is 11.9 Å². The summed E-state index contributed by atoms with van der Waals surface area (Å²) in [5.41, 5.74) is 1.22. The standard InChI is InChI=1S/C13H17FN4O2/c1-8(12(19)15-5-6-20-2)16-13-17-10-4-3-9(14)7-11(10)18-13/h3-4,7-8H,5-6H2,1-2H3,(H,15,19)(H2,16,17,18). The molecule has 7 heteroatoms. The van der Waals surface area contributed by atoms with Crippen LogP contribution in [-0.2, 0) is 9.53 Å². The predicted molar refractivity (Wildman–Crippen MR) is 74.0 cm³/mol. The number of amides is 1. The molecule has 0 saturated carbocycles. The van der Waals surface area contributed by atoms with Gasteiger partial charge in [0.25, 0.3) is 0 Å². The van der Waals surface area contributed by atoms with E-state index < -0.39 is 6.04 Å². The summed E-state index contributed by atoms with van der Waals surface area (Å²) in [5, 5.41) is 5.65. The zero-order valence-electron chi connectivity index (χ0n) is 11.4. The van der Waals surface area contributed by atoms with Crippen LogP contribution in [0.2, 0.25) is 0 Å². The highest BCUT2D eigenvalue weighted by atomic mass is 19.1. The van der Waals surface area contributed by atoms with E-state index >= 15 is 0 Å². The predicted octanol–water partition coefficient (Wildman–Crippen LogP) is 1.26. The molecule has 1 aromatic carbocycles. The quantitative estimate of drug-likeness (QED) is 0.696. The van der Waals surface area contributed by atoms with E-state index in [1.54, 1.807) is 20.1 Å². The van der Waals surface area contributed by atoms with Gasteiger partial charge in [-0.2, -0.15) is 0 Å². The van der Waals surface area contributed by atoms with Crippen LogP contribution in [0.4, 0.5) is 10.3 Å². The zero-order valence-corrected chi connectivity index (χ0v) is 11.4. The van der Waals surface area contributed by atoms with Gasteiger partial charge < -0.3 is 20.4 Å². The second-order valence-electron chi connectivity index (χ2n) is 4.40. The number of carbonyl (C=O) groups is 1. The van der Waals surface area contributed by atoms with Crippen LogP contribution in [0.15, 0.2) is 18.2 Å². The minimum absolute atomic E-state index is 0.159. The number of anilines is 1. The third kappa shape index (κ3) is 3.45. The van der Waals surface area contributed by atoms with E-state index in [9.17, 15) is 9.18 Å². The van der Waals surface area contributed by atoms with Crippen LogP contribution in [0.5, 0.6) is 0 Å². The molecule has 0 fully saturated rings. The monoisotopic (exact) mass is 280 g/mol. The lowest BCUT2D eigenvalue weighted by molar-refractivity contribution is -0.121. The number of imidazole rings is 1. The van der Waals surface area contributed by atoms with Gasteiger partial charge in [0, 0.05) is 13.7 Å². The number of ether oxygens (including phenoxy) is 1. The molecular formula is C13H17FN4O2. The SMILES string of the molecule is COCCNC(=O)C(C)Nc1nc2ccc(F)cc2[nH]1. The molecule has 0 aliphatic rings. The van der Waals surface area contributed by atoms with Crippen molar-refractivity contribution in [3.63, 3.8) is 0 Å². The van der Waals surface area contributed by atoms with Crippen molar-refractivity contribution >= 4 is 22.9 Å². The lowest BCUT2D eigenvalue weighted by atomic mass is 10.3. The number of halogens is 1. The van der Waals surface area contributed by atoms with Gasteiger partial charge in [0.15, 0.2) is 0 Å². The van der Waals surface area contributed by atoms with Crippen LogP contribution in [0, 0.1) is 5.82 Å². The molecular weight excluding hydrogens is 263 g/mol. The molecule has 0 radical (unpaired) electrons. The molecule has 0 bridgehead atoms. The maximum Gasteiger partial charge on any atom is 0.242 e. The first-order chi connectivity index (χ1) is 9.60. The van der Waals surface area contributed by atoms with Crippen LogP contribution >= 0.6 is 0 Å². The van der Waals surface area contributed by atoms with E-state index in [1.165, 1.54) is 12.1 Å². The molecule has 1 aromatic heterocycles. The Morgan fingerprint density at radius 1 is 1.55 bits per heavy atom. The molecule has 2 rings (SSSR count). The summed E-state index contributed by atoms with van der Waals surface area (Å²) in [4.78, 5) is 18.9. The average Bonchev–Trinajstić information content (AvgIpc) is 2.80. The molecule has 0 saturated heterocycles. The molecule has 1 amide bonds. The Morgan fingerprint density at radius 3 is 3.10 bits per heavy atom.